The third-order valence-electron chi connectivity index (χ3n) is 3.84. The zero-order valence-electron chi connectivity index (χ0n) is 14.2. The zero-order valence-corrected chi connectivity index (χ0v) is 14.2. The van der Waals surface area contributed by atoms with Crippen molar-refractivity contribution in [3.8, 4) is 17.2 Å². The summed E-state index contributed by atoms with van der Waals surface area (Å²) in [6.07, 6.45) is 5.18. The lowest BCUT2D eigenvalue weighted by atomic mass is 9.91. The van der Waals surface area contributed by atoms with Gasteiger partial charge < -0.3 is 14.2 Å². The Balaban J connectivity index is 2.28. The van der Waals surface area contributed by atoms with Crippen LogP contribution >= 0.6 is 0 Å². The third kappa shape index (κ3) is 4.52. The third-order valence-corrected chi connectivity index (χ3v) is 3.84. The highest BCUT2D eigenvalue weighted by molar-refractivity contribution is 5.40. The van der Waals surface area contributed by atoms with Crippen molar-refractivity contribution in [2.45, 2.75) is 19.3 Å². The lowest BCUT2D eigenvalue weighted by molar-refractivity contribution is 0.393. The molecule has 0 heterocycles. The van der Waals surface area contributed by atoms with Gasteiger partial charge in [0.15, 0.2) is 0 Å². The molecule has 0 amide bonds. The average molecular weight is 312 g/mol. The van der Waals surface area contributed by atoms with E-state index < -0.39 is 0 Å². The molecule has 2 aromatic carbocycles. The first-order chi connectivity index (χ1) is 11.2. The fraction of sp³-hybridized carbons (Fsp3) is 0.300. The molecule has 0 saturated carbocycles. The molecule has 0 spiro atoms. The maximum atomic E-state index is 5.36. The maximum Gasteiger partial charge on any atom is 0.122 e. The maximum absolute atomic E-state index is 5.36. The minimum atomic E-state index is 0.294. The van der Waals surface area contributed by atoms with E-state index in [0.717, 1.165) is 23.7 Å². The van der Waals surface area contributed by atoms with Gasteiger partial charge in [-0.2, -0.15) is 0 Å². The molecular formula is C20H24O3. The van der Waals surface area contributed by atoms with Crippen LogP contribution in [0.4, 0.5) is 0 Å². The van der Waals surface area contributed by atoms with Crippen LogP contribution in [0.2, 0.25) is 0 Å². The van der Waals surface area contributed by atoms with Gasteiger partial charge in [0.25, 0.3) is 0 Å². The van der Waals surface area contributed by atoms with Crippen molar-refractivity contribution in [2.24, 2.45) is 0 Å². The molecule has 0 aromatic heterocycles. The highest BCUT2D eigenvalue weighted by atomic mass is 16.5. The summed E-state index contributed by atoms with van der Waals surface area (Å²) in [6, 6.07) is 14.2. The van der Waals surface area contributed by atoms with Gasteiger partial charge in [-0.05, 0) is 48.7 Å². The van der Waals surface area contributed by atoms with E-state index >= 15 is 0 Å². The normalized spacial score (nSPS) is 12.2. The number of rotatable bonds is 7. The summed E-state index contributed by atoms with van der Waals surface area (Å²) >= 11 is 0. The minimum Gasteiger partial charge on any atom is -0.497 e. The second kappa shape index (κ2) is 8.28. The van der Waals surface area contributed by atoms with Gasteiger partial charge in [-0.1, -0.05) is 24.3 Å². The van der Waals surface area contributed by atoms with Crippen LogP contribution in [-0.4, -0.2) is 21.3 Å². The van der Waals surface area contributed by atoms with Gasteiger partial charge >= 0.3 is 0 Å². The molecule has 3 heteroatoms. The van der Waals surface area contributed by atoms with Gasteiger partial charge in [-0.3, -0.25) is 0 Å². The first kappa shape index (κ1) is 16.9. The first-order valence-electron chi connectivity index (χ1n) is 7.69. The Kier molecular flexibility index (Phi) is 6.10. The van der Waals surface area contributed by atoms with Gasteiger partial charge in [0.1, 0.15) is 17.2 Å². The number of benzene rings is 2. The summed E-state index contributed by atoms with van der Waals surface area (Å²) in [5.74, 6) is 2.79. The fourth-order valence-corrected chi connectivity index (χ4v) is 2.62. The molecular weight excluding hydrogens is 288 g/mol. The zero-order chi connectivity index (χ0) is 16.7. The van der Waals surface area contributed by atoms with Gasteiger partial charge in [0, 0.05) is 12.0 Å². The van der Waals surface area contributed by atoms with E-state index in [0.29, 0.717) is 5.92 Å². The van der Waals surface area contributed by atoms with Crippen LogP contribution in [0, 0.1) is 0 Å². The van der Waals surface area contributed by atoms with E-state index in [2.05, 4.69) is 36.4 Å². The van der Waals surface area contributed by atoms with Gasteiger partial charge in [-0.15, -0.1) is 0 Å². The van der Waals surface area contributed by atoms with E-state index in [1.165, 1.54) is 11.1 Å². The van der Waals surface area contributed by atoms with Gasteiger partial charge in [0.05, 0.1) is 21.3 Å². The Labute approximate surface area is 138 Å². The molecule has 0 N–H and O–H groups in total. The van der Waals surface area contributed by atoms with Crippen molar-refractivity contribution in [3.63, 3.8) is 0 Å². The molecule has 2 aromatic rings. The summed E-state index contributed by atoms with van der Waals surface area (Å²) in [7, 11) is 5.03. The topological polar surface area (TPSA) is 27.7 Å². The van der Waals surface area contributed by atoms with Crippen molar-refractivity contribution in [1.82, 2.24) is 0 Å². The average Bonchev–Trinajstić information content (AvgIpc) is 2.61. The van der Waals surface area contributed by atoms with Crippen LogP contribution in [0.3, 0.4) is 0 Å². The Morgan fingerprint density at radius 1 is 0.826 bits per heavy atom. The second-order valence-corrected chi connectivity index (χ2v) is 5.33. The van der Waals surface area contributed by atoms with E-state index in [-0.39, 0.29) is 0 Å². The molecule has 23 heavy (non-hydrogen) atoms. The fourth-order valence-electron chi connectivity index (χ4n) is 2.62. The molecule has 122 valence electrons. The number of ether oxygens (including phenoxy) is 3. The van der Waals surface area contributed by atoms with E-state index in [1.54, 1.807) is 21.3 Å². The van der Waals surface area contributed by atoms with Crippen molar-refractivity contribution < 1.29 is 14.2 Å². The highest BCUT2D eigenvalue weighted by Crippen LogP contribution is 2.29. The van der Waals surface area contributed by atoms with E-state index in [1.807, 2.05) is 25.1 Å². The molecule has 0 saturated heterocycles. The smallest absolute Gasteiger partial charge is 0.122 e. The van der Waals surface area contributed by atoms with Crippen LogP contribution in [0.15, 0.2) is 54.6 Å². The number of hydrogen-bond acceptors (Lipinski definition) is 3. The summed E-state index contributed by atoms with van der Waals surface area (Å²) in [4.78, 5) is 0. The van der Waals surface area contributed by atoms with Crippen LogP contribution in [-0.2, 0) is 6.42 Å². The molecule has 0 unspecified atom stereocenters. The number of hydrogen-bond donors (Lipinski definition) is 0. The lowest BCUT2D eigenvalue weighted by Gasteiger charge is -2.15. The molecule has 0 aliphatic carbocycles. The SMILES string of the molecule is C/C=C/[C@@H](Cc1cc(OC)cc(OC)c1)c1ccc(OC)cc1. The van der Waals surface area contributed by atoms with Gasteiger partial charge in [-0.25, -0.2) is 0 Å². The van der Waals surface area contributed by atoms with Crippen LogP contribution in [0.5, 0.6) is 17.2 Å². The molecule has 3 nitrogen and oxygen atoms in total. The predicted octanol–water partition coefficient (Wildman–Crippen LogP) is 4.61. The van der Waals surface area contributed by atoms with Crippen molar-refractivity contribution in [3.05, 3.63) is 65.7 Å². The number of methoxy groups -OCH3 is 3. The van der Waals surface area contributed by atoms with Crippen molar-refractivity contribution in [1.29, 1.82) is 0 Å². The molecule has 0 aliphatic heterocycles. The van der Waals surface area contributed by atoms with Crippen molar-refractivity contribution in [2.75, 3.05) is 21.3 Å². The summed E-state index contributed by atoms with van der Waals surface area (Å²) in [5, 5.41) is 0. The first-order valence-corrected chi connectivity index (χ1v) is 7.69. The lowest BCUT2D eigenvalue weighted by Crippen LogP contribution is -2.01. The largest absolute Gasteiger partial charge is 0.497 e. The molecule has 0 radical (unpaired) electrons. The van der Waals surface area contributed by atoms with Crippen LogP contribution in [0.25, 0.3) is 0 Å². The Morgan fingerprint density at radius 2 is 1.39 bits per heavy atom. The molecule has 0 aliphatic rings. The summed E-state index contributed by atoms with van der Waals surface area (Å²) < 4.78 is 16.0. The Bertz CT molecular complexity index is 622. The number of allylic oxidation sites excluding steroid dienone is 2. The predicted molar refractivity (Wildman–Crippen MR) is 93.8 cm³/mol. The summed E-state index contributed by atoms with van der Waals surface area (Å²) in [5.41, 5.74) is 2.44. The molecule has 2 rings (SSSR count). The Hall–Kier alpha value is -2.42. The minimum absolute atomic E-state index is 0.294. The van der Waals surface area contributed by atoms with Crippen LogP contribution in [0.1, 0.15) is 24.0 Å². The standard InChI is InChI=1S/C20H24O3/c1-5-6-17(16-7-9-18(21-2)10-8-16)11-15-12-19(22-3)14-20(13-15)23-4/h5-10,12-14,17H,11H2,1-4H3/b6-5+/t17-/m0/s1. The Morgan fingerprint density at radius 3 is 1.87 bits per heavy atom. The van der Waals surface area contributed by atoms with E-state index in [4.69, 9.17) is 14.2 Å². The second-order valence-electron chi connectivity index (χ2n) is 5.33. The quantitative estimate of drug-likeness (QED) is 0.699. The summed E-state index contributed by atoms with van der Waals surface area (Å²) in [6.45, 7) is 2.04. The highest BCUT2D eigenvalue weighted by Gasteiger charge is 2.11. The molecule has 0 bridgehead atoms. The molecule has 0 fully saturated rings. The molecule has 1 atom stereocenters. The van der Waals surface area contributed by atoms with Gasteiger partial charge in [0.2, 0.25) is 0 Å². The monoisotopic (exact) mass is 312 g/mol. The van der Waals surface area contributed by atoms with E-state index in [9.17, 15) is 0 Å². The van der Waals surface area contributed by atoms with Crippen molar-refractivity contribution >= 4 is 0 Å². The van der Waals surface area contributed by atoms with Crippen LogP contribution < -0.4 is 14.2 Å².